The first-order valence-electron chi connectivity index (χ1n) is 11.4. The Balaban J connectivity index is 1.53. The van der Waals surface area contributed by atoms with E-state index in [1.54, 1.807) is 0 Å². The zero-order chi connectivity index (χ0) is 22.4. The molecule has 0 aliphatic carbocycles. The summed E-state index contributed by atoms with van der Waals surface area (Å²) in [6.07, 6.45) is 6.14. The minimum atomic E-state index is 0.986. The summed E-state index contributed by atoms with van der Waals surface area (Å²) in [7, 11) is 0. The maximum atomic E-state index is 4.73. The highest BCUT2D eigenvalue weighted by molar-refractivity contribution is 6.23. The summed E-state index contributed by atoms with van der Waals surface area (Å²) < 4.78 is 2.06. The number of nitrogens with zero attached hydrogens (tertiary/aromatic N) is 2. The summed E-state index contributed by atoms with van der Waals surface area (Å²) in [5.74, 6) is 0.986. The van der Waals surface area contributed by atoms with E-state index in [0.29, 0.717) is 0 Å². The summed E-state index contributed by atoms with van der Waals surface area (Å²) in [6.45, 7) is 4.05. The number of rotatable bonds is 3. The van der Waals surface area contributed by atoms with Crippen LogP contribution in [0, 0.1) is 6.92 Å². The molecule has 6 aromatic rings. The smallest absolute Gasteiger partial charge is 0.110 e. The molecule has 5 aromatic carbocycles. The molecule has 6 rings (SSSR count). The Labute approximate surface area is 193 Å². The lowest BCUT2D eigenvalue weighted by molar-refractivity contribution is 1.03. The predicted molar refractivity (Wildman–Crippen MR) is 141 cm³/mol. The number of hydrogen-bond donors (Lipinski definition) is 0. The van der Waals surface area contributed by atoms with Gasteiger partial charge >= 0.3 is 0 Å². The van der Waals surface area contributed by atoms with E-state index in [1.807, 2.05) is 26.1 Å². The van der Waals surface area contributed by atoms with Gasteiger partial charge in [-0.3, -0.25) is 0 Å². The van der Waals surface area contributed by atoms with Crippen LogP contribution in [0.15, 0.2) is 103 Å². The predicted octanol–water partition coefficient (Wildman–Crippen LogP) is 8.48. The molecule has 0 fully saturated rings. The number of aryl methyl sites for hydroxylation is 1. The van der Waals surface area contributed by atoms with Crippen molar-refractivity contribution in [3.05, 3.63) is 109 Å². The Morgan fingerprint density at radius 2 is 1.36 bits per heavy atom. The number of hydrogen-bond acceptors (Lipinski definition) is 1. The molecule has 0 amide bonds. The van der Waals surface area contributed by atoms with E-state index in [-0.39, 0.29) is 0 Å². The van der Waals surface area contributed by atoms with Gasteiger partial charge in [0, 0.05) is 18.0 Å². The monoisotopic (exact) mass is 424 g/mol. The second-order valence-corrected chi connectivity index (χ2v) is 8.49. The van der Waals surface area contributed by atoms with Crippen molar-refractivity contribution in [3.8, 4) is 22.4 Å². The highest BCUT2D eigenvalue weighted by Crippen LogP contribution is 2.38. The van der Waals surface area contributed by atoms with E-state index in [9.17, 15) is 0 Å². The Morgan fingerprint density at radius 3 is 2.15 bits per heavy atom. The van der Waals surface area contributed by atoms with Crippen LogP contribution >= 0.6 is 0 Å². The standard InChI is InChI=1S/C31H24N2/c1-3-18-33-20-30(32-21(33)2)24-15-12-23(13-16-24)29-19-25-17-14-22-8-4-5-9-26(22)31(25)28-11-7-6-10-27(28)29/h3-20H,1-2H3/b18-3-. The molecule has 158 valence electrons. The molecule has 0 aliphatic rings. The van der Waals surface area contributed by atoms with Crippen LogP contribution in [0.2, 0.25) is 0 Å². The lowest BCUT2D eigenvalue weighted by Gasteiger charge is -2.13. The summed E-state index contributed by atoms with van der Waals surface area (Å²) in [5, 5.41) is 7.76. The molecule has 2 nitrogen and oxygen atoms in total. The molecule has 0 N–H and O–H groups in total. The number of allylic oxidation sites excluding steroid dienone is 1. The lowest BCUT2D eigenvalue weighted by atomic mass is 9.90. The average molecular weight is 425 g/mol. The fraction of sp³-hybridized carbons (Fsp3) is 0.0645. The van der Waals surface area contributed by atoms with Crippen LogP contribution in [0.4, 0.5) is 0 Å². The van der Waals surface area contributed by atoms with Gasteiger partial charge in [-0.05, 0) is 63.4 Å². The normalized spacial score (nSPS) is 11.8. The maximum Gasteiger partial charge on any atom is 0.110 e. The molecular weight excluding hydrogens is 400 g/mol. The molecule has 0 aliphatic heterocycles. The largest absolute Gasteiger partial charge is 0.310 e. The van der Waals surface area contributed by atoms with Crippen molar-refractivity contribution in [1.29, 1.82) is 0 Å². The van der Waals surface area contributed by atoms with E-state index >= 15 is 0 Å². The van der Waals surface area contributed by atoms with Gasteiger partial charge in [-0.2, -0.15) is 0 Å². The zero-order valence-electron chi connectivity index (χ0n) is 18.8. The Morgan fingerprint density at radius 1 is 0.697 bits per heavy atom. The number of imidazole rings is 1. The molecule has 0 atom stereocenters. The molecule has 33 heavy (non-hydrogen) atoms. The minimum absolute atomic E-state index is 0.986. The fourth-order valence-electron chi connectivity index (χ4n) is 4.87. The third kappa shape index (κ3) is 3.23. The molecule has 0 radical (unpaired) electrons. The third-order valence-corrected chi connectivity index (χ3v) is 6.47. The van der Waals surface area contributed by atoms with E-state index in [0.717, 1.165) is 17.1 Å². The second-order valence-electron chi connectivity index (χ2n) is 8.49. The topological polar surface area (TPSA) is 17.8 Å². The highest BCUT2D eigenvalue weighted by Gasteiger charge is 2.12. The molecule has 0 bridgehead atoms. The third-order valence-electron chi connectivity index (χ3n) is 6.47. The average Bonchev–Trinajstić information content (AvgIpc) is 3.23. The Hall–Kier alpha value is -4.17. The van der Waals surface area contributed by atoms with Gasteiger partial charge in [-0.1, -0.05) is 91.0 Å². The molecule has 0 unspecified atom stereocenters. The fourth-order valence-corrected chi connectivity index (χ4v) is 4.87. The van der Waals surface area contributed by atoms with Gasteiger partial charge in [0.25, 0.3) is 0 Å². The number of aromatic nitrogens is 2. The van der Waals surface area contributed by atoms with Gasteiger partial charge in [0.1, 0.15) is 5.82 Å². The van der Waals surface area contributed by atoms with Crippen LogP contribution in [0.5, 0.6) is 0 Å². The van der Waals surface area contributed by atoms with Crippen molar-refractivity contribution in [2.24, 2.45) is 0 Å². The van der Waals surface area contributed by atoms with Gasteiger partial charge in [-0.25, -0.2) is 4.98 Å². The molecule has 1 heterocycles. The number of fused-ring (bicyclic) bond motifs is 5. The zero-order valence-corrected chi connectivity index (χ0v) is 18.8. The molecule has 0 spiro atoms. The van der Waals surface area contributed by atoms with Crippen LogP contribution in [0.3, 0.4) is 0 Å². The van der Waals surface area contributed by atoms with Crippen molar-refractivity contribution in [1.82, 2.24) is 9.55 Å². The SMILES string of the molecule is C/C=C\n1cc(-c2ccc(-c3cc4ccc5ccccc5c4c4ccccc34)cc2)nc1C. The van der Waals surface area contributed by atoms with E-state index in [2.05, 4.69) is 102 Å². The quantitative estimate of drug-likeness (QED) is 0.260. The number of benzene rings is 5. The van der Waals surface area contributed by atoms with Crippen LogP contribution in [-0.2, 0) is 0 Å². The van der Waals surface area contributed by atoms with Crippen LogP contribution in [0.1, 0.15) is 12.7 Å². The molecular formula is C31H24N2. The van der Waals surface area contributed by atoms with Crippen LogP contribution in [0.25, 0.3) is 60.9 Å². The first-order chi connectivity index (χ1) is 16.2. The van der Waals surface area contributed by atoms with Crippen LogP contribution in [-0.4, -0.2) is 9.55 Å². The van der Waals surface area contributed by atoms with Crippen molar-refractivity contribution in [2.75, 3.05) is 0 Å². The summed E-state index contributed by atoms with van der Waals surface area (Å²) in [5.41, 5.74) is 4.60. The molecule has 1 aromatic heterocycles. The first-order valence-corrected chi connectivity index (χ1v) is 11.4. The lowest BCUT2D eigenvalue weighted by Crippen LogP contribution is -1.87. The van der Waals surface area contributed by atoms with E-state index < -0.39 is 0 Å². The molecule has 2 heteroatoms. The van der Waals surface area contributed by atoms with Gasteiger partial charge in [0.15, 0.2) is 0 Å². The summed E-state index contributed by atoms with van der Waals surface area (Å²) in [6, 6.07) is 33.0. The van der Waals surface area contributed by atoms with Crippen molar-refractivity contribution < 1.29 is 0 Å². The van der Waals surface area contributed by atoms with Gasteiger partial charge in [0.05, 0.1) is 5.69 Å². The van der Waals surface area contributed by atoms with E-state index in [4.69, 9.17) is 4.98 Å². The highest BCUT2D eigenvalue weighted by atomic mass is 15.0. The summed E-state index contributed by atoms with van der Waals surface area (Å²) in [4.78, 5) is 4.73. The van der Waals surface area contributed by atoms with E-state index in [1.165, 1.54) is 43.4 Å². The van der Waals surface area contributed by atoms with Crippen molar-refractivity contribution in [2.45, 2.75) is 13.8 Å². The minimum Gasteiger partial charge on any atom is -0.310 e. The van der Waals surface area contributed by atoms with Crippen molar-refractivity contribution in [3.63, 3.8) is 0 Å². The maximum absolute atomic E-state index is 4.73. The van der Waals surface area contributed by atoms with Gasteiger partial charge in [0.2, 0.25) is 0 Å². The van der Waals surface area contributed by atoms with Gasteiger partial charge in [-0.15, -0.1) is 0 Å². The Kier molecular flexibility index (Phi) is 4.58. The first kappa shape index (κ1) is 19.5. The molecule has 0 saturated carbocycles. The summed E-state index contributed by atoms with van der Waals surface area (Å²) >= 11 is 0. The Bertz CT molecular complexity index is 1670. The molecule has 0 saturated heterocycles. The second kappa shape index (κ2) is 7.75. The van der Waals surface area contributed by atoms with Gasteiger partial charge < -0.3 is 4.57 Å². The van der Waals surface area contributed by atoms with Crippen molar-refractivity contribution >= 4 is 38.5 Å². The van der Waals surface area contributed by atoms with Crippen LogP contribution < -0.4 is 0 Å².